The molecular formula is C64H37N3O3. The molecule has 70 heavy (non-hydrogen) atoms. The Balaban J connectivity index is 0.961. The summed E-state index contributed by atoms with van der Waals surface area (Å²) in [4.78, 5) is 16.0. The van der Waals surface area contributed by atoms with E-state index in [1.807, 2.05) is 72.8 Å². The Kier molecular flexibility index (Phi) is 8.18. The van der Waals surface area contributed by atoms with E-state index in [2.05, 4.69) is 152 Å². The van der Waals surface area contributed by atoms with Crippen LogP contribution in [0.2, 0.25) is 0 Å². The number of furan rings is 3. The average Bonchev–Trinajstić information content (AvgIpc) is 4.19. The second-order valence-corrected chi connectivity index (χ2v) is 18.1. The molecule has 0 aliphatic heterocycles. The number of para-hydroxylation sites is 2. The maximum absolute atomic E-state index is 6.71. The maximum atomic E-state index is 6.71. The van der Waals surface area contributed by atoms with E-state index in [1.54, 1.807) is 0 Å². The molecule has 0 atom stereocenters. The molecule has 0 unspecified atom stereocenters. The third-order valence-corrected chi connectivity index (χ3v) is 14.4. The highest BCUT2D eigenvalue weighted by atomic mass is 16.3. The number of fused-ring (bicyclic) bond motifs is 12. The van der Waals surface area contributed by atoms with Gasteiger partial charge in [-0.1, -0.05) is 170 Å². The number of hydrogen-bond acceptors (Lipinski definition) is 6. The van der Waals surface area contributed by atoms with Crippen LogP contribution in [0.5, 0.6) is 0 Å². The Morgan fingerprint density at radius 3 is 1.46 bits per heavy atom. The predicted octanol–water partition coefficient (Wildman–Crippen LogP) is 16.6. The number of benzene rings is 10. The molecule has 0 bridgehead atoms. The molecular weight excluding hydrogens is 859 g/mol. The Morgan fingerprint density at radius 1 is 0.286 bits per heavy atom. The third-order valence-electron chi connectivity index (χ3n) is 14.4. The molecule has 0 spiro atoms. The van der Waals surface area contributed by atoms with Crippen LogP contribution in [0, 0.1) is 0 Å². The lowest BCUT2D eigenvalue weighted by Gasteiger charge is -2.34. The second-order valence-electron chi connectivity index (χ2n) is 18.1. The van der Waals surface area contributed by atoms with Gasteiger partial charge < -0.3 is 13.3 Å². The van der Waals surface area contributed by atoms with Crippen molar-refractivity contribution in [2.24, 2.45) is 0 Å². The highest BCUT2D eigenvalue weighted by Gasteiger charge is 2.46. The summed E-state index contributed by atoms with van der Waals surface area (Å²) in [6, 6.07) is 78.8. The van der Waals surface area contributed by atoms with Crippen LogP contribution in [0.3, 0.4) is 0 Å². The molecule has 6 nitrogen and oxygen atoms in total. The van der Waals surface area contributed by atoms with E-state index in [1.165, 1.54) is 33.4 Å². The first-order chi connectivity index (χ1) is 34.7. The zero-order valence-corrected chi connectivity index (χ0v) is 37.4. The molecule has 1 aliphatic rings. The number of aromatic nitrogens is 3. The largest absolute Gasteiger partial charge is 0.456 e. The van der Waals surface area contributed by atoms with Gasteiger partial charge in [-0.05, 0) is 99.1 Å². The normalized spacial score (nSPS) is 13.0. The van der Waals surface area contributed by atoms with Gasteiger partial charge in [0.15, 0.2) is 17.5 Å². The van der Waals surface area contributed by atoms with Gasteiger partial charge in [0.25, 0.3) is 0 Å². The SMILES string of the molecule is c1ccc(C2(c3ccccc3)c3ccccc3-c3c(-c4ccc5oc6cccc(-c7nc(-c8ccc9oc%10ccccc%10c9c8)nc(-c8cccc9oc%10ccccc%10c89)n7)c6c5c4)cccc32)cc1. The first-order valence-corrected chi connectivity index (χ1v) is 23.6. The summed E-state index contributed by atoms with van der Waals surface area (Å²) < 4.78 is 19.3. The minimum Gasteiger partial charge on any atom is -0.456 e. The van der Waals surface area contributed by atoms with Gasteiger partial charge in [-0.3, -0.25) is 0 Å². The minimum atomic E-state index is -0.513. The Labute approximate surface area is 400 Å². The molecule has 1 aliphatic carbocycles. The van der Waals surface area contributed by atoms with Gasteiger partial charge in [-0.25, -0.2) is 15.0 Å². The lowest BCUT2D eigenvalue weighted by Crippen LogP contribution is -2.28. The van der Waals surface area contributed by atoms with Crippen LogP contribution in [-0.4, -0.2) is 15.0 Å². The van der Waals surface area contributed by atoms with Crippen molar-refractivity contribution in [3.63, 3.8) is 0 Å². The second kappa shape index (κ2) is 14.8. The lowest BCUT2D eigenvalue weighted by molar-refractivity contribution is 0.668. The third kappa shape index (κ3) is 5.53. The van der Waals surface area contributed by atoms with Crippen LogP contribution in [-0.2, 0) is 5.41 Å². The van der Waals surface area contributed by atoms with E-state index in [9.17, 15) is 0 Å². The van der Waals surface area contributed by atoms with Gasteiger partial charge in [0.1, 0.15) is 33.5 Å². The molecule has 4 heterocycles. The van der Waals surface area contributed by atoms with Crippen LogP contribution in [0.1, 0.15) is 22.3 Å². The summed E-state index contributed by atoms with van der Waals surface area (Å²) in [5, 5.41) is 5.89. The molecule has 0 saturated carbocycles. The average molecular weight is 896 g/mol. The minimum absolute atomic E-state index is 0.513. The fraction of sp³-hybridized carbons (Fsp3) is 0.0156. The van der Waals surface area contributed by atoms with Gasteiger partial charge in [0.2, 0.25) is 0 Å². The summed E-state index contributed by atoms with van der Waals surface area (Å²) in [5.74, 6) is 1.62. The van der Waals surface area contributed by atoms with E-state index in [0.717, 1.165) is 93.6 Å². The van der Waals surface area contributed by atoms with Crippen molar-refractivity contribution >= 4 is 65.8 Å². The van der Waals surface area contributed by atoms with Gasteiger partial charge in [-0.15, -0.1) is 0 Å². The van der Waals surface area contributed by atoms with Crippen molar-refractivity contribution in [1.29, 1.82) is 0 Å². The zero-order valence-electron chi connectivity index (χ0n) is 37.4. The van der Waals surface area contributed by atoms with Gasteiger partial charge in [0.05, 0.1) is 5.41 Å². The molecule has 0 saturated heterocycles. The molecule has 4 aromatic heterocycles. The van der Waals surface area contributed by atoms with Crippen molar-refractivity contribution in [1.82, 2.24) is 15.0 Å². The highest BCUT2D eigenvalue weighted by molar-refractivity contribution is 6.14. The van der Waals surface area contributed by atoms with E-state index in [4.69, 9.17) is 28.2 Å². The topological polar surface area (TPSA) is 78.1 Å². The molecule has 10 aromatic carbocycles. The molecule has 6 heteroatoms. The van der Waals surface area contributed by atoms with Crippen LogP contribution < -0.4 is 0 Å². The van der Waals surface area contributed by atoms with Crippen molar-refractivity contribution < 1.29 is 13.3 Å². The molecule has 0 N–H and O–H groups in total. The number of hydrogen-bond donors (Lipinski definition) is 0. The Morgan fingerprint density at radius 2 is 0.743 bits per heavy atom. The Hall–Kier alpha value is -9.39. The first kappa shape index (κ1) is 38.7. The summed E-state index contributed by atoms with van der Waals surface area (Å²) in [6.45, 7) is 0. The maximum Gasteiger partial charge on any atom is 0.164 e. The monoisotopic (exact) mass is 895 g/mol. The molecule has 0 fully saturated rings. The van der Waals surface area contributed by atoms with Crippen molar-refractivity contribution in [2.75, 3.05) is 0 Å². The van der Waals surface area contributed by atoms with Gasteiger partial charge in [0, 0.05) is 49.0 Å². The van der Waals surface area contributed by atoms with E-state index < -0.39 is 5.41 Å². The van der Waals surface area contributed by atoms with Gasteiger partial charge in [-0.2, -0.15) is 0 Å². The smallest absolute Gasteiger partial charge is 0.164 e. The number of nitrogens with zero attached hydrogens (tertiary/aromatic N) is 3. The molecule has 0 radical (unpaired) electrons. The highest BCUT2D eigenvalue weighted by Crippen LogP contribution is 2.58. The zero-order chi connectivity index (χ0) is 45.9. The lowest BCUT2D eigenvalue weighted by atomic mass is 9.67. The standard InChI is InChI=1S/C64H37N3O3/c1-3-16-40(17-4-1)64(41-18-5-2-6-19-41)50-26-10-7-21-44(50)58-42(23-13-27-51(58)64)38-32-34-55-49(36-38)60-47(25-15-31-57(60)70-55)63-66-61(39-33-35-54-48(37-39)43-20-8-11-28-52(43)68-54)65-62(67-63)46-24-14-30-56-59(46)45-22-9-12-29-53(45)69-56/h1-37H. The van der Waals surface area contributed by atoms with Crippen molar-refractivity contribution in [3.8, 4) is 56.4 Å². The van der Waals surface area contributed by atoms with E-state index in [0.29, 0.717) is 17.5 Å². The molecule has 14 aromatic rings. The first-order valence-electron chi connectivity index (χ1n) is 23.6. The number of rotatable bonds is 6. The summed E-state index contributed by atoms with van der Waals surface area (Å²) in [6.07, 6.45) is 0. The van der Waals surface area contributed by atoms with Gasteiger partial charge >= 0.3 is 0 Å². The van der Waals surface area contributed by atoms with Crippen LogP contribution in [0.4, 0.5) is 0 Å². The predicted molar refractivity (Wildman–Crippen MR) is 281 cm³/mol. The molecule has 0 amide bonds. The summed E-state index contributed by atoms with van der Waals surface area (Å²) >= 11 is 0. The van der Waals surface area contributed by atoms with Crippen molar-refractivity contribution in [3.05, 3.63) is 247 Å². The summed E-state index contributed by atoms with van der Waals surface area (Å²) in [7, 11) is 0. The quantitative estimate of drug-likeness (QED) is 0.165. The molecule has 326 valence electrons. The van der Waals surface area contributed by atoms with Crippen LogP contribution in [0.15, 0.2) is 238 Å². The summed E-state index contributed by atoms with van der Waals surface area (Å²) in [5.41, 5.74) is 16.5. The Bertz CT molecular complexity index is 4390. The van der Waals surface area contributed by atoms with Crippen molar-refractivity contribution in [2.45, 2.75) is 5.41 Å². The van der Waals surface area contributed by atoms with Crippen LogP contribution in [0.25, 0.3) is 122 Å². The molecule has 15 rings (SSSR count). The fourth-order valence-electron chi connectivity index (χ4n) is 11.5. The van der Waals surface area contributed by atoms with Crippen LogP contribution >= 0.6 is 0 Å². The van der Waals surface area contributed by atoms with E-state index in [-0.39, 0.29) is 0 Å². The fourth-order valence-corrected chi connectivity index (χ4v) is 11.5. The van der Waals surface area contributed by atoms with E-state index >= 15 is 0 Å².